The van der Waals surface area contributed by atoms with E-state index in [1.54, 1.807) is 0 Å². The fourth-order valence-electron chi connectivity index (χ4n) is 4.24. The molecule has 2 saturated carbocycles. The zero-order chi connectivity index (χ0) is 10.8. The van der Waals surface area contributed by atoms with Gasteiger partial charge in [-0.15, -0.1) is 0 Å². The normalized spacial score (nSPS) is 35.6. The molecular weight excluding hydrogens is 198 g/mol. The second-order valence-corrected chi connectivity index (χ2v) is 5.95. The van der Waals surface area contributed by atoms with Crippen LogP contribution >= 0.6 is 0 Å². The largest absolute Gasteiger partial charge is 0.372 e. The first-order valence-corrected chi connectivity index (χ1v) is 7.28. The third kappa shape index (κ3) is 1.91. The SMILES string of the molecule is C1CCC2(CC1)OCCNC2C1CCCC1. The monoisotopic (exact) mass is 223 g/mol. The molecule has 2 aliphatic carbocycles. The average Bonchev–Trinajstić information content (AvgIpc) is 2.84. The molecule has 3 fully saturated rings. The highest BCUT2D eigenvalue weighted by Gasteiger charge is 2.46. The number of hydrogen-bond acceptors (Lipinski definition) is 2. The maximum Gasteiger partial charge on any atom is 0.0838 e. The van der Waals surface area contributed by atoms with Gasteiger partial charge >= 0.3 is 0 Å². The van der Waals surface area contributed by atoms with Crippen LogP contribution < -0.4 is 5.32 Å². The maximum atomic E-state index is 6.27. The zero-order valence-electron chi connectivity index (χ0n) is 10.3. The van der Waals surface area contributed by atoms with Gasteiger partial charge in [0.15, 0.2) is 0 Å². The lowest BCUT2D eigenvalue weighted by Gasteiger charge is -2.49. The lowest BCUT2D eigenvalue weighted by molar-refractivity contribution is -0.129. The number of morpholine rings is 1. The molecule has 2 nitrogen and oxygen atoms in total. The molecule has 0 radical (unpaired) electrons. The minimum absolute atomic E-state index is 0.228. The smallest absolute Gasteiger partial charge is 0.0838 e. The zero-order valence-corrected chi connectivity index (χ0v) is 10.3. The van der Waals surface area contributed by atoms with E-state index in [0.29, 0.717) is 6.04 Å². The molecule has 1 spiro atoms. The lowest BCUT2D eigenvalue weighted by atomic mass is 9.73. The summed E-state index contributed by atoms with van der Waals surface area (Å²) in [6.07, 6.45) is 12.5. The van der Waals surface area contributed by atoms with Gasteiger partial charge in [0, 0.05) is 12.6 Å². The van der Waals surface area contributed by atoms with Crippen molar-refractivity contribution in [1.29, 1.82) is 0 Å². The number of ether oxygens (including phenoxy) is 1. The maximum absolute atomic E-state index is 6.27. The van der Waals surface area contributed by atoms with Gasteiger partial charge in [-0.25, -0.2) is 0 Å². The first kappa shape index (κ1) is 11.0. The van der Waals surface area contributed by atoms with Gasteiger partial charge in [-0.2, -0.15) is 0 Å². The molecule has 3 rings (SSSR count). The Kier molecular flexibility index (Phi) is 3.21. The summed E-state index contributed by atoms with van der Waals surface area (Å²) in [4.78, 5) is 0. The number of rotatable bonds is 1. The predicted octanol–water partition coefficient (Wildman–Crippen LogP) is 2.87. The molecule has 0 aromatic rings. The Morgan fingerprint density at radius 3 is 2.44 bits per heavy atom. The van der Waals surface area contributed by atoms with E-state index in [9.17, 15) is 0 Å². The highest BCUT2D eigenvalue weighted by atomic mass is 16.5. The summed E-state index contributed by atoms with van der Waals surface area (Å²) in [7, 11) is 0. The first-order valence-electron chi connectivity index (χ1n) is 7.28. The van der Waals surface area contributed by atoms with E-state index < -0.39 is 0 Å². The van der Waals surface area contributed by atoms with Gasteiger partial charge in [0.2, 0.25) is 0 Å². The van der Waals surface area contributed by atoms with Crippen LogP contribution in [0.1, 0.15) is 57.8 Å². The fourth-order valence-corrected chi connectivity index (χ4v) is 4.24. The van der Waals surface area contributed by atoms with Crippen LogP contribution in [0.4, 0.5) is 0 Å². The van der Waals surface area contributed by atoms with Crippen molar-refractivity contribution in [2.45, 2.75) is 69.4 Å². The van der Waals surface area contributed by atoms with Crippen LogP contribution in [-0.2, 0) is 4.74 Å². The van der Waals surface area contributed by atoms with Crippen molar-refractivity contribution in [2.75, 3.05) is 13.2 Å². The molecule has 1 heterocycles. The van der Waals surface area contributed by atoms with Gasteiger partial charge in [0.05, 0.1) is 12.2 Å². The summed E-state index contributed by atoms with van der Waals surface area (Å²) in [5.74, 6) is 0.901. The summed E-state index contributed by atoms with van der Waals surface area (Å²) in [5, 5.41) is 3.80. The molecule has 92 valence electrons. The van der Waals surface area contributed by atoms with Crippen molar-refractivity contribution in [1.82, 2.24) is 5.32 Å². The van der Waals surface area contributed by atoms with Gasteiger partial charge in [-0.3, -0.25) is 0 Å². The van der Waals surface area contributed by atoms with Crippen LogP contribution in [0.15, 0.2) is 0 Å². The van der Waals surface area contributed by atoms with E-state index >= 15 is 0 Å². The van der Waals surface area contributed by atoms with Crippen molar-refractivity contribution in [3.63, 3.8) is 0 Å². The van der Waals surface area contributed by atoms with E-state index in [0.717, 1.165) is 19.1 Å². The molecule has 2 heteroatoms. The van der Waals surface area contributed by atoms with Crippen LogP contribution in [0.2, 0.25) is 0 Å². The number of hydrogen-bond donors (Lipinski definition) is 1. The van der Waals surface area contributed by atoms with Crippen molar-refractivity contribution < 1.29 is 4.74 Å². The van der Waals surface area contributed by atoms with Crippen LogP contribution in [0.3, 0.4) is 0 Å². The van der Waals surface area contributed by atoms with Gasteiger partial charge in [-0.05, 0) is 31.6 Å². The van der Waals surface area contributed by atoms with E-state index in [-0.39, 0.29) is 5.60 Å². The predicted molar refractivity (Wildman–Crippen MR) is 65.5 cm³/mol. The molecule has 1 atom stereocenters. The quantitative estimate of drug-likeness (QED) is 0.738. The Bertz CT molecular complexity index is 221. The molecule has 0 aromatic carbocycles. The van der Waals surface area contributed by atoms with E-state index in [1.807, 2.05) is 0 Å². The van der Waals surface area contributed by atoms with E-state index in [2.05, 4.69) is 5.32 Å². The van der Waals surface area contributed by atoms with Crippen LogP contribution in [-0.4, -0.2) is 24.8 Å². The first-order chi connectivity index (χ1) is 7.91. The Morgan fingerprint density at radius 2 is 1.69 bits per heavy atom. The van der Waals surface area contributed by atoms with Gasteiger partial charge in [0.1, 0.15) is 0 Å². The molecular formula is C14H25NO. The number of nitrogens with one attached hydrogen (secondary N) is 1. The molecule has 1 aliphatic heterocycles. The Hall–Kier alpha value is -0.0800. The second-order valence-electron chi connectivity index (χ2n) is 5.95. The molecule has 1 unspecified atom stereocenters. The molecule has 1 N–H and O–H groups in total. The fraction of sp³-hybridized carbons (Fsp3) is 1.00. The van der Waals surface area contributed by atoms with Crippen LogP contribution in [0, 0.1) is 5.92 Å². The Labute approximate surface area is 99.1 Å². The van der Waals surface area contributed by atoms with Crippen molar-refractivity contribution in [2.24, 2.45) is 5.92 Å². The lowest BCUT2D eigenvalue weighted by Crippen LogP contribution is -2.61. The topological polar surface area (TPSA) is 21.3 Å². The molecule has 0 aromatic heterocycles. The van der Waals surface area contributed by atoms with Crippen molar-refractivity contribution >= 4 is 0 Å². The minimum atomic E-state index is 0.228. The molecule has 0 bridgehead atoms. The molecule has 3 aliphatic rings. The third-order valence-electron chi connectivity index (χ3n) is 4.99. The molecule has 0 amide bonds. The summed E-state index contributed by atoms with van der Waals surface area (Å²) in [5.41, 5.74) is 0.228. The summed E-state index contributed by atoms with van der Waals surface area (Å²) in [6, 6.07) is 0.670. The summed E-state index contributed by atoms with van der Waals surface area (Å²) < 4.78 is 6.27. The minimum Gasteiger partial charge on any atom is -0.372 e. The second kappa shape index (κ2) is 4.66. The average molecular weight is 223 g/mol. The van der Waals surface area contributed by atoms with Gasteiger partial charge in [0.25, 0.3) is 0 Å². The third-order valence-corrected chi connectivity index (χ3v) is 4.99. The highest BCUT2D eigenvalue weighted by Crippen LogP contribution is 2.42. The van der Waals surface area contributed by atoms with Gasteiger partial charge < -0.3 is 10.1 Å². The Morgan fingerprint density at radius 1 is 0.938 bits per heavy atom. The molecule has 1 saturated heterocycles. The highest BCUT2D eigenvalue weighted by molar-refractivity contribution is 5.01. The van der Waals surface area contributed by atoms with Crippen LogP contribution in [0.5, 0.6) is 0 Å². The summed E-state index contributed by atoms with van der Waals surface area (Å²) >= 11 is 0. The molecule has 16 heavy (non-hydrogen) atoms. The standard InChI is InChI=1S/C14H25NO/c1-4-8-14(9-5-1)13(15-10-11-16-14)12-6-2-3-7-12/h12-13,15H,1-11H2. The van der Waals surface area contributed by atoms with Crippen molar-refractivity contribution in [3.8, 4) is 0 Å². The van der Waals surface area contributed by atoms with E-state index in [1.165, 1.54) is 57.8 Å². The van der Waals surface area contributed by atoms with E-state index in [4.69, 9.17) is 4.74 Å². The Balaban J connectivity index is 1.76. The van der Waals surface area contributed by atoms with Gasteiger partial charge in [-0.1, -0.05) is 32.1 Å². The van der Waals surface area contributed by atoms with Crippen molar-refractivity contribution in [3.05, 3.63) is 0 Å². The summed E-state index contributed by atoms with van der Waals surface area (Å²) in [6.45, 7) is 2.01. The van der Waals surface area contributed by atoms with Crippen LogP contribution in [0.25, 0.3) is 0 Å².